The predicted molar refractivity (Wildman–Crippen MR) is 81.9 cm³/mol. The van der Waals surface area contributed by atoms with Crippen LogP contribution in [0.15, 0.2) is 12.1 Å². The van der Waals surface area contributed by atoms with Crippen LogP contribution in [-0.2, 0) is 0 Å². The molecule has 0 aliphatic rings. The molecule has 0 radical (unpaired) electrons. The fraction of sp³-hybridized carbons (Fsp3) is 0.429. The Hall–Kier alpha value is -1.66. The smallest absolute Gasteiger partial charge is 0.263 e. The number of nitrogens with two attached hydrogens (primary N) is 1. The number of hydrogen-bond acceptors (Lipinski definition) is 5. The molecule has 0 spiro atoms. The first-order chi connectivity index (χ1) is 9.43. The predicted octanol–water partition coefficient (Wildman–Crippen LogP) is 1.93. The number of thiophene rings is 1. The molecule has 0 saturated heterocycles. The Morgan fingerprint density at radius 1 is 1.50 bits per heavy atom. The van der Waals surface area contributed by atoms with Gasteiger partial charge in [0.25, 0.3) is 5.91 Å². The SMILES string of the molecule is Cc1ccc2c(N)c(C(=O)NC(CO)C(C)C)sc2n1. The van der Waals surface area contributed by atoms with Gasteiger partial charge in [0.15, 0.2) is 0 Å². The summed E-state index contributed by atoms with van der Waals surface area (Å²) in [5, 5.41) is 12.9. The summed E-state index contributed by atoms with van der Waals surface area (Å²) in [4.78, 5) is 17.9. The van der Waals surface area contributed by atoms with Crippen LogP contribution in [0.1, 0.15) is 29.2 Å². The van der Waals surface area contributed by atoms with Gasteiger partial charge in [-0.25, -0.2) is 4.98 Å². The van der Waals surface area contributed by atoms with Crippen molar-refractivity contribution in [3.8, 4) is 0 Å². The van der Waals surface area contributed by atoms with Crippen molar-refractivity contribution in [2.45, 2.75) is 26.8 Å². The van der Waals surface area contributed by atoms with Crippen LogP contribution in [0.2, 0.25) is 0 Å². The molecule has 0 fully saturated rings. The monoisotopic (exact) mass is 293 g/mol. The number of anilines is 1. The summed E-state index contributed by atoms with van der Waals surface area (Å²) < 4.78 is 0. The van der Waals surface area contributed by atoms with Crippen LogP contribution in [-0.4, -0.2) is 28.6 Å². The summed E-state index contributed by atoms with van der Waals surface area (Å²) in [6.45, 7) is 5.70. The highest BCUT2D eigenvalue weighted by molar-refractivity contribution is 7.21. The fourth-order valence-electron chi connectivity index (χ4n) is 1.92. The molecule has 5 nitrogen and oxygen atoms in total. The van der Waals surface area contributed by atoms with Crippen molar-refractivity contribution in [2.24, 2.45) is 5.92 Å². The summed E-state index contributed by atoms with van der Waals surface area (Å²) in [5.74, 6) is -0.101. The Balaban J connectivity index is 2.33. The number of nitrogens with one attached hydrogen (secondary N) is 1. The van der Waals surface area contributed by atoms with Crippen LogP contribution in [0, 0.1) is 12.8 Å². The van der Waals surface area contributed by atoms with E-state index in [0.29, 0.717) is 10.6 Å². The van der Waals surface area contributed by atoms with Crippen LogP contribution in [0.5, 0.6) is 0 Å². The minimum absolute atomic E-state index is 0.0917. The van der Waals surface area contributed by atoms with E-state index in [1.807, 2.05) is 32.9 Å². The van der Waals surface area contributed by atoms with E-state index in [1.165, 1.54) is 11.3 Å². The van der Waals surface area contributed by atoms with Crippen LogP contribution < -0.4 is 11.1 Å². The number of rotatable bonds is 4. The number of fused-ring (bicyclic) bond motifs is 1. The number of carbonyl (C=O) groups is 1. The summed E-state index contributed by atoms with van der Waals surface area (Å²) in [6.07, 6.45) is 0. The third kappa shape index (κ3) is 2.76. The summed E-state index contributed by atoms with van der Waals surface area (Å²) >= 11 is 1.28. The molecule has 0 aliphatic heterocycles. The molecule has 1 unspecified atom stereocenters. The minimum atomic E-state index is -0.276. The third-order valence-corrected chi connectivity index (χ3v) is 4.37. The van der Waals surface area contributed by atoms with Crippen molar-refractivity contribution < 1.29 is 9.90 Å². The zero-order valence-corrected chi connectivity index (χ0v) is 12.6. The normalized spacial score (nSPS) is 12.8. The first kappa shape index (κ1) is 14.7. The van der Waals surface area contributed by atoms with Crippen molar-refractivity contribution >= 4 is 33.1 Å². The van der Waals surface area contributed by atoms with Crippen molar-refractivity contribution in [2.75, 3.05) is 12.3 Å². The Labute approximate surface area is 121 Å². The second-order valence-electron chi connectivity index (χ2n) is 5.16. The van der Waals surface area contributed by atoms with E-state index in [1.54, 1.807) is 0 Å². The highest BCUT2D eigenvalue weighted by Gasteiger charge is 2.21. The zero-order chi connectivity index (χ0) is 14.9. The van der Waals surface area contributed by atoms with E-state index in [4.69, 9.17) is 5.73 Å². The van der Waals surface area contributed by atoms with Crippen LogP contribution in [0.3, 0.4) is 0 Å². The number of carbonyl (C=O) groups excluding carboxylic acids is 1. The lowest BCUT2D eigenvalue weighted by molar-refractivity contribution is 0.0902. The van der Waals surface area contributed by atoms with Gasteiger partial charge in [-0.1, -0.05) is 13.8 Å². The van der Waals surface area contributed by atoms with Gasteiger partial charge in [0.1, 0.15) is 9.71 Å². The number of aryl methyl sites for hydroxylation is 1. The number of hydrogen-bond donors (Lipinski definition) is 3. The molecule has 0 bridgehead atoms. The quantitative estimate of drug-likeness (QED) is 0.803. The molecule has 0 aromatic carbocycles. The van der Waals surface area contributed by atoms with Gasteiger partial charge in [-0.3, -0.25) is 4.79 Å². The first-order valence-electron chi connectivity index (χ1n) is 6.51. The molecule has 20 heavy (non-hydrogen) atoms. The van der Waals surface area contributed by atoms with Gasteiger partial charge < -0.3 is 16.2 Å². The van der Waals surface area contributed by atoms with E-state index >= 15 is 0 Å². The lowest BCUT2D eigenvalue weighted by atomic mass is 10.1. The number of amides is 1. The van der Waals surface area contributed by atoms with E-state index in [2.05, 4.69) is 10.3 Å². The molecule has 4 N–H and O–H groups in total. The van der Waals surface area contributed by atoms with Gasteiger partial charge in [-0.05, 0) is 25.0 Å². The molecule has 2 rings (SSSR count). The van der Waals surface area contributed by atoms with E-state index in [9.17, 15) is 9.90 Å². The maximum absolute atomic E-state index is 12.3. The van der Waals surface area contributed by atoms with Gasteiger partial charge in [0.05, 0.1) is 18.3 Å². The van der Waals surface area contributed by atoms with Crippen molar-refractivity contribution in [1.82, 2.24) is 10.3 Å². The number of nitrogen functional groups attached to an aromatic ring is 1. The lowest BCUT2D eigenvalue weighted by Crippen LogP contribution is -2.41. The molecule has 2 aromatic heterocycles. The number of pyridine rings is 1. The van der Waals surface area contributed by atoms with E-state index < -0.39 is 0 Å². The molecule has 0 saturated carbocycles. The molecule has 6 heteroatoms. The average molecular weight is 293 g/mol. The maximum Gasteiger partial charge on any atom is 0.263 e. The Morgan fingerprint density at radius 3 is 2.80 bits per heavy atom. The Kier molecular flexibility index (Phi) is 4.25. The van der Waals surface area contributed by atoms with Crippen molar-refractivity contribution in [3.63, 3.8) is 0 Å². The highest BCUT2D eigenvalue weighted by atomic mass is 32.1. The van der Waals surface area contributed by atoms with Gasteiger partial charge >= 0.3 is 0 Å². The number of aromatic nitrogens is 1. The standard InChI is InChI=1S/C14H19N3O2S/c1-7(2)10(6-18)17-13(19)12-11(15)9-5-4-8(3)16-14(9)20-12/h4-5,7,10,18H,6,15H2,1-3H3,(H,17,19). The number of aliphatic hydroxyl groups excluding tert-OH is 1. The second kappa shape index (κ2) is 5.76. The molecular formula is C14H19N3O2S. The Bertz CT molecular complexity index is 637. The minimum Gasteiger partial charge on any atom is -0.397 e. The summed E-state index contributed by atoms with van der Waals surface area (Å²) in [5.41, 5.74) is 7.37. The fourth-order valence-corrected chi connectivity index (χ4v) is 2.96. The van der Waals surface area contributed by atoms with Gasteiger partial charge in [-0.2, -0.15) is 0 Å². The lowest BCUT2D eigenvalue weighted by Gasteiger charge is -2.19. The maximum atomic E-state index is 12.3. The number of aliphatic hydroxyl groups is 1. The Morgan fingerprint density at radius 2 is 2.20 bits per heavy atom. The summed E-state index contributed by atoms with van der Waals surface area (Å²) in [6, 6.07) is 3.48. The molecule has 1 atom stereocenters. The topological polar surface area (TPSA) is 88.2 Å². The molecule has 0 aliphatic carbocycles. The van der Waals surface area contributed by atoms with Gasteiger partial charge in [0, 0.05) is 11.1 Å². The van der Waals surface area contributed by atoms with Crippen LogP contribution in [0.25, 0.3) is 10.2 Å². The van der Waals surface area contributed by atoms with E-state index in [-0.39, 0.29) is 24.5 Å². The van der Waals surface area contributed by atoms with Gasteiger partial charge in [-0.15, -0.1) is 11.3 Å². The van der Waals surface area contributed by atoms with Gasteiger partial charge in [0.2, 0.25) is 0 Å². The molecule has 108 valence electrons. The molecule has 2 aromatic rings. The first-order valence-corrected chi connectivity index (χ1v) is 7.33. The highest BCUT2D eigenvalue weighted by Crippen LogP contribution is 2.32. The largest absolute Gasteiger partial charge is 0.397 e. The molecular weight excluding hydrogens is 274 g/mol. The number of nitrogens with zero attached hydrogens (tertiary/aromatic N) is 1. The van der Waals surface area contributed by atoms with Crippen molar-refractivity contribution in [3.05, 3.63) is 22.7 Å². The van der Waals surface area contributed by atoms with Crippen molar-refractivity contribution in [1.29, 1.82) is 0 Å². The molecule has 2 heterocycles. The van der Waals surface area contributed by atoms with Crippen LogP contribution in [0.4, 0.5) is 5.69 Å². The zero-order valence-electron chi connectivity index (χ0n) is 11.8. The average Bonchev–Trinajstić information content (AvgIpc) is 2.72. The summed E-state index contributed by atoms with van der Waals surface area (Å²) in [7, 11) is 0. The third-order valence-electron chi connectivity index (χ3n) is 3.26. The van der Waals surface area contributed by atoms with E-state index in [0.717, 1.165) is 15.9 Å². The second-order valence-corrected chi connectivity index (χ2v) is 6.16. The van der Waals surface area contributed by atoms with Crippen LogP contribution >= 0.6 is 11.3 Å². The molecule has 1 amide bonds.